The highest BCUT2D eigenvalue weighted by atomic mass is 16.1. The molecule has 0 fully saturated rings. The lowest BCUT2D eigenvalue weighted by Gasteiger charge is -2.05. The minimum atomic E-state index is -0.184. The third-order valence-corrected chi connectivity index (χ3v) is 3.43. The third-order valence-electron chi connectivity index (χ3n) is 3.43. The molecule has 7 heteroatoms. The molecular formula is C17H20N6O. The normalized spacial score (nSPS) is 11.0. The quantitative estimate of drug-likeness (QED) is 0.782. The highest BCUT2D eigenvalue weighted by molar-refractivity contribution is 6.04. The lowest BCUT2D eigenvalue weighted by Crippen LogP contribution is -2.11. The zero-order valence-electron chi connectivity index (χ0n) is 14.0. The molecule has 124 valence electrons. The van der Waals surface area contributed by atoms with Crippen LogP contribution in [0.25, 0.3) is 11.4 Å². The van der Waals surface area contributed by atoms with Crippen LogP contribution in [0.1, 0.15) is 24.2 Å². The summed E-state index contributed by atoms with van der Waals surface area (Å²) in [7, 11) is 1.82. The molecule has 3 rings (SSSR count). The van der Waals surface area contributed by atoms with Crippen molar-refractivity contribution < 1.29 is 4.79 Å². The summed E-state index contributed by atoms with van der Waals surface area (Å²) in [5.41, 5.74) is 2.09. The van der Waals surface area contributed by atoms with Crippen molar-refractivity contribution in [1.29, 1.82) is 0 Å². The standard InChI is InChI=1S/C17H20N6O/c1-12(2)9-23-10-14(8-19-23)17(24)20-15-6-4-5-13(7-15)16-18-11-22(3)21-16/h4-8,10-12H,9H2,1-3H3,(H,20,24). The molecule has 1 aromatic carbocycles. The topological polar surface area (TPSA) is 77.6 Å². The smallest absolute Gasteiger partial charge is 0.258 e. The monoisotopic (exact) mass is 324 g/mol. The van der Waals surface area contributed by atoms with Crippen LogP contribution in [0.3, 0.4) is 0 Å². The van der Waals surface area contributed by atoms with Gasteiger partial charge >= 0.3 is 0 Å². The molecule has 2 heterocycles. The number of hydrogen-bond acceptors (Lipinski definition) is 4. The van der Waals surface area contributed by atoms with E-state index in [4.69, 9.17) is 0 Å². The summed E-state index contributed by atoms with van der Waals surface area (Å²) in [6.45, 7) is 5.01. The third kappa shape index (κ3) is 3.68. The average molecular weight is 324 g/mol. The Morgan fingerprint density at radius 1 is 1.33 bits per heavy atom. The van der Waals surface area contributed by atoms with Crippen LogP contribution in [0, 0.1) is 5.92 Å². The van der Waals surface area contributed by atoms with Crippen molar-refractivity contribution in [3.8, 4) is 11.4 Å². The molecular weight excluding hydrogens is 304 g/mol. The molecule has 0 radical (unpaired) electrons. The van der Waals surface area contributed by atoms with Gasteiger partial charge in [-0.05, 0) is 18.1 Å². The summed E-state index contributed by atoms with van der Waals surface area (Å²) in [6.07, 6.45) is 4.99. The molecule has 0 atom stereocenters. The number of carbonyl (C=O) groups excluding carboxylic acids is 1. The van der Waals surface area contributed by atoms with Gasteiger partial charge in [0.1, 0.15) is 6.33 Å². The van der Waals surface area contributed by atoms with Gasteiger partial charge in [-0.2, -0.15) is 10.2 Å². The van der Waals surface area contributed by atoms with Gasteiger partial charge in [-0.1, -0.05) is 26.0 Å². The lowest BCUT2D eigenvalue weighted by atomic mass is 10.2. The SMILES string of the molecule is CC(C)Cn1cc(C(=O)Nc2cccc(-c3ncn(C)n3)c2)cn1. The molecule has 1 N–H and O–H groups in total. The molecule has 2 aromatic heterocycles. The maximum absolute atomic E-state index is 12.4. The minimum absolute atomic E-state index is 0.184. The molecule has 0 aliphatic rings. The number of nitrogens with one attached hydrogen (secondary N) is 1. The summed E-state index contributed by atoms with van der Waals surface area (Å²) in [4.78, 5) is 16.6. The molecule has 1 amide bonds. The molecule has 0 aliphatic heterocycles. The highest BCUT2D eigenvalue weighted by Crippen LogP contribution is 2.19. The fourth-order valence-electron chi connectivity index (χ4n) is 2.37. The molecule has 0 aliphatic carbocycles. The molecule has 24 heavy (non-hydrogen) atoms. The fraction of sp³-hybridized carbons (Fsp3) is 0.294. The maximum Gasteiger partial charge on any atom is 0.258 e. The van der Waals surface area contributed by atoms with E-state index < -0.39 is 0 Å². The lowest BCUT2D eigenvalue weighted by molar-refractivity contribution is 0.102. The Kier molecular flexibility index (Phi) is 4.41. The van der Waals surface area contributed by atoms with Crippen molar-refractivity contribution in [1.82, 2.24) is 24.5 Å². The molecule has 7 nitrogen and oxygen atoms in total. The Morgan fingerprint density at radius 3 is 2.88 bits per heavy atom. The van der Waals surface area contributed by atoms with Gasteiger partial charge in [0.25, 0.3) is 5.91 Å². The predicted octanol–water partition coefficient (Wildman–Crippen LogP) is 2.59. The van der Waals surface area contributed by atoms with E-state index in [2.05, 4.69) is 34.3 Å². The van der Waals surface area contributed by atoms with Crippen molar-refractivity contribution in [2.24, 2.45) is 13.0 Å². The van der Waals surface area contributed by atoms with Crippen LogP contribution in [0.2, 0.25) is 0 Å². The van der Waals surface area contributed by atoms with E-state index in [1.165, 1.54) is 0 Å². The first-order chi connectivity index (χ1) is 11.5. The van der Waals surface area contributed by atoms with Gasteiger partial charge in [-0.25, -0.2) is 4.98 Å². The van der Waals surface area contributed by atoms with Gasteiger partial charge in [0, 0.05) is 31.0 Å². The number of amides is 1. The first-order valence-electron chi connectivity index (χ1n) is 7.81. The molecule has 3 aromatic rings. The molecule has 0 spiro atoms. The molecule has 0 saturated carbocycles. The Morgan fingerprint density at radius 2 is 2.17 bits per heavy atom. The van der Waals surface area contributed by atoms with Gasteiger partial charge in [-0.3, -0.25) is 14.2 Å². The summed E-state index contributed by atoms with van der Waals surface area (Å²) < 4.78 is 3.43. The summed E-state index contributed by atoms with van der Waals surface area (Å²) in [5, 5.41) is 11.4. The van der Waals surface area contributed by atoms with Crippen molar-refractivity contribution in [3.05, 3.63) is 48.5 Å². The van der Waals surface area contributed by atoms with E-state index in [9.17, 15) is 4.79 Å². The molecule has 0 saturated heterocycles. The second-order valence-corrected chi connectivity index (χ2v) is 6.12. The number of carbonyl (C=O) groups is 1. The van der Waals surface area contributed by atoms with Crippen molar-refractivity contribution >= 4 is 11.6 Å². The van der Waals surface area contributed by atoms with Crippen molar-refractivity contribution in [2.45, 2.75) is 20.4 Å². The van der Waals surface area contributed by atoms with Crippen molar-refractivity contribution in [2.75, 3.05) is 5.32 Å². The van der Waals surface area contributed by atoms with Gasteiger partial charge in [0.05, 0.1) is 11.8 Å². The number of benzene rings is 1. The number of aromatic nitrogens is 5. The zero-order valence-corrected chi connectivity index (χ0v) is 14.0. The molecule has 0 unspecified atom stereocenters. The second-order valence-electron chi connectivity index (χ2n) is 6.12. The van der Waals surface area contributed by atoms with E-state index in [1.807, 2.05) is 31.3 Å². The Bertz CT molecular complexity index is 848. The molecule has 0 bridgehead atoms. The van der Waals surface area contributed by atoms with Crippen LogP contribution in [0.5, 0.6) is 0 Å². The van der Waals surface area contributed by atoms with Crippen LogP contribution in [0.4, 0.5) is 5.69 Å². The van der Waals surface area contributed by atoms with Crippen LogP contribution in [0.15, 0.2) is 43.0 Å². The average Bonchev–Trinajstić information content (AvgIpc) is 3.16. The van der Waals surface area contributed by atoms with E-state index in [0.717, 1.165) is 12.1 Å². The minimum Gasteiger partial charge on any atom is -0.322 e. The van der Waals surface area contributed by atoms with Crippen LogP contribution < -0.4 is 5.32 Å². The van der Waals surface area contributed by atoms with E-state index in [-0.39, 0.29) is 5.91 Å². The first kappa shape index (κ1) is 15.9. The zero-order chi connectivity index (χ0) is 17.1. The second kappa shape index (κ2) is 6.66. The van der Waals surface area contributed by atoms with Crippen LogP contribution in [-0.2, 0) is 13.6 Å². The number of nitrogens with zero attached hydrogens (tertiary/aromatic N) is 5. The maximum atomic E-state index is 12.4. The van der Waals surface area contributed by atoms with Crippen LogP contribution >= 0.6 is 0 Å². The van der Waals surface area contributed by atoms with Gasteiger partial charge in [0.2, 0.25) is 0 Å². The van der Waals surface area contributed by atoms with Crippen molar-refractivity contribution in [3.63, 3.8) is 0 Å². The first-order valence-corrected chi connectivity index (χ1v) is 7.81. The number of aryl methyl sites for hydroxylation is 1. The summed E-state index contributed by atoms with van der Waals surface area (Å²) >= 11 is 0. The Hall–Kier alpha value is -2.96. The Labute approximate surface area is 140 Å². The van der Waals surface area contributed by atoms with Crippen LogP contribution in [-0.4, -0.2) is 30.5 Å². The van der Waals surface area contributed by atoms with E-state index in [1.54, 1.807) is 28.1 Å². The number of rotatable bonds is 5. The van der Waals surface area contributed by atoms with E-state index in [0.29, 0.717) is 23.0 Å². The van der Waals surface area contributed by atoms with Gasteiger partial charge < -0.3 is 5.32 Å². The number of anilines is 1. The van der Waals surface area contributed by atoms with Gasteiger partial charge in [0.15, 0.2) is 5.82 Å². The summed E-state index contributed by atoms with van der Waals surface area (Å²) in [6, 6.07) is 7.46. The Balaban J connectivity index is 1.73. The van der Waals surface area contributed by atoms with E-state index >= 15 is 0 Å². The number of hydrogen-bond donors (Lipinski definition) is 1. The predicted molar refractivity (Wildman–Crippen MR) is 91.5 cm³/mol. The fourth-order valence-corrected chi connectivity index (χ4v) is 2.37. The highest BCUT2D eigenvalue weighted by Gasteiger charge is 2.11. The largest absolute Gasteiger partial charge is 0.322 e. The van der Waals surface area contributed by atoms with Gasteiger partial charge in [-0.15, -0.1) is 0 Å². The summed E-state index contributed by atoms with van der Waals surface area (Å²) in [5.74, 6) is 0.915.